The Labute approximate surface area is 103 Å². The number of aliphatic hydroxyl groups excluding tert-OH is 1. The molecule has 98 valence electrons. The van der Waals surface area contributed by atoms with Crippen molar-refractivity contribution < 1.29 is 14.6 Å². The molecule has 17 heavy (non-hydrogen) atoms. The summed E-state index contributed by atoms with van der Waals surface area (Å²) in [5.41, 5.74) is 0. The normalized spacial score (nSPS) is 41.4. The van der Waals surface area contributed by atoms with Gasteiger partial charge < -0.3 is 14.7 Å². The molecule has 1 N–H and O–H groups in total. The van der Waals surface area contributed by atoms with Gasteiger partial charge in [0.2, 0.25) is 5.91 Å². The summed E-state index contributed by atoms with van der Waals surface area (Å²) in [5.74, 6) is 1.22. The number of ether oxygens (including phenoxy) is 1. The number of hydrogen-bond donors (Lipinski definition) is 1. The fraction of sp³-hybridized carbons (Fsp3) is 0.923. The molecule has 0 aromatic carbocycles. The average Bonchev–Trinajstić information content (AvgIpc) is 2.44. The van der Waals surface area contributed by atoms with E-state index in [2.05, 4.69) is 13.8 Å². The molecular formula is C13H23NO3. The highest BCUT2D eigenvalue weighted by Crippen LogP contribution is 2.39. The lowest BCUT2D eigenvalue weighted by molar-refractivity contribution is -0.144. The van der Waals surface area contributed by atoms with E-state index in [1.54, 1.807) is 0 Å². The van der Waals surface area contributed by atoms with E-state index < -0.39 is 6.10 Å². The fourth-order valence-corrected chi connectivity index (χ4v) is 3.61. The molecule has 2 bridgehead atoms. The summed E-state index contributed by atoms with van der Waals surface area (Å²) in [7, 11) is 1.54. The number of carbonyl (C=O) groups excluding carboxylic acids is 1. The SMILES string of the molecule is COCC(=O)N1C[C@@H]2C[C@@H](C)C1[C@@H](O)[C@@H](C)C2. The topological polar surface area (TPSA) is 49.8 Å². The molecule has 3 fully saturated rings. The van der Waals surface area contributed by atoms with Crippen molar-refractivity contribution in [2.24, 2.45) is 17.8 Å². The van der Waals surface area contributed by atoms with E-state index in [0.29, 0.717) is 11.8 Å². The number of aliphatic hydroxyl groups is 1. The predicted molar refractivity (Wildman–Crippen MR) is 64.4 cm³/mol. The van der Waals surface area contributed by atoms with Gasteiger partial charge in [-0.3, -0.25) is 4.79 Å². The van der Waals surface area contributed by atoms with Crippen molar-refractivity contribution in [1.29, 1.82) is 0 Å². The molecule has 0 aromatic heterocycles. The van der Waals surface area contributed by atoms with Crippen LogP contribution in [0.5, 0.6) is 0 Å². The molecule has 0 radical (unpaired) electrons. The number of amides is 1. The van der Waals surface area contributed by atoms with Gasteiger partial charge in [0.25, 0.3) is 0 Å². The smallest absolute Gasteiger partial charge is 0.248 e. The Bertz CT molecular complexity index is 294. The van der Waals surface area contributed by atoms with Crippen LogP contribution in [0.15, 0.2) is 0 Å². The third-order valence-corrected chi connectivity index (χ3v) is 4.33. The van der Waals surface area contributed by atoms with Gasteiger partial charge in [-0.1, -0.05) is 13.8 Å². The summed E-state index contributed by atoms with van der Waals surface area (Å²) in [6.07, 6.45) is 1.76. The van der Waals surface area contributed by atoms with E-state index in [0.717, 1.165) is 19.4 Å². The Morgan fingerprint density at radius 1 is 1.35 bits per heavy atom. The Hall–Kier alpha value is -0.610. The molecule has 2 heterocycles. The van der Waals surface area contributed by atoms with Crippen molar-refractivity contribution >= 4 is 5.91 Å². The molecule has 1 amide bonds. The third-order valence-electron chi connectivity index (χ3n) is 4.33. The van der Waals surface area contributed by atoms with E-state index in [9.17, 15) is 9.90 Å². The van der Waals surface area contributed by atoms with Crippen LogP contribution in [0.25, 0.3) is 0 Å². The highest BCUT2D eigenvalue weighted by molar-refractivity contribution is 5.78. The second-order valence-corrected chi connectivity index (χ2v) is 5.75. The van der Waals surface area contributed by atoms with Crippen LogP contribution in [-0.2, 0) is 9.53 Å². The zero-order chi connectivity index (χ0) is 12.6. The van der Waals surface area contributed by atoms with Gasteiger partial charge in [0.05, 0.1) is 12.1 Å². The van der Waals surface area contributed by atoms with Crippen LogP contribution < -0.4 is 0 Å². The maximum absolute atomic E-state index is 12.0. The summed E-state index contributed by atoms with van der Waals surface area (Å²) in [6.45, 7) is 5.15. The number of fused-ring (bicyclic) bond motifs is 4. The van der Waals surface area contributed by atoms with Gasteiger partial charge in [0, 0.05) is 13.7 Å². The Morgan fingerprint density at radius 3 is 2.65 bits per heavy atom. The van der Waals surface area contributed by atoms with Crippen molar-refractivity contribution in [3.8, 4) is 0 Å². The molecular weight excluding hydrogens is 218 g/mol. The maximum Gasteiger partial charge on any atom is 0.248 e. The van der Waals surface area contributed by atoms with Gasteiger partial charge in [-0.25, -0.2) is 0 Å². The van der Waals surface area contributed by atoms with Crippen molar-refractivity contribution in [3.05, 3.63) is 0 Å². The van der Waals surface area contributed by atoms with Gasteiger partial charge in [0.1, 0.15) is 6.61 Å². The van der Waals surface area contributed by atoms with Gasteiger partial charge in [-0.05, 0) is 30.6 Å². The molecule has 4 heteroatoms. The van der Waals surface area contributed by atoms with E-state index in [1.165, 1.54) is 7.11 Å². The Balaban J connectivity index is 2.21. The van der Waals surface area contributed by atoms with Gasteiger partial charge in [-0.2, -0.15) is 0 Å². The lowest BCUT2D eigenvalue weighted by Crippen LogP contribution is -2.55. The monoisotopic (exact) mass is 241 g/mol. The summed E-state index contributed by atoms with van der Waals surface area (Å²) in [6, 6.07) is -0.0219. The molecule has 3 rings (SSSR count). The van der Waals surface area contributed by atoms with Crippen LogP contribution >= 0.6 is 0 Å². The van der Waals surface area contributed by atoms with Crippen molar-refractivity contribution in [2.45, 2.75) is 38.8 Å². The van der Waals surface area contributed by atoms with E-state index in [1.807, 2.05) is 4.90 Å². The number of carbonyl (C=O) groups is 1. The van der Waals surface area contributed by atoms with Gasteiger partial charge in [-0.15, -0.1) is 0 Å². The number of methoxy groups -OCH3 is 1. The number of hydrogen-bond acceptors (Lipinski definition) is 3. The Kier molecular flexibility index (Phi) is 3.73. The molecule has 3 aliphatic rings. The molecule has 1 aliphatic carbocycles. The molecule has 2 aliphatic heterocycles. The lowest BCUT2D eigenvalue weighted by atomic mass is 9.85. The summed E-state index contributed by atoms with van der Waals surface area (Å²) >= 11 is 0. The highest BCUT2D eigenvalue weighted by atomic mass is 16.5. The molecule has 0 spiro atoms. The molecule has 1 saturated carbocycles. The minimum atomic E-state index is -0.390. The Morgan fingerprint density at radius 2 is 2.00 bits per heavy atom. The minimum Gasteiger partial charge on any atom is -0.391 e. The highest BCUT2D eigenvalue weighted by Gasteiger charge is 2.45. The minimum absolute atomic E-state index is 0.0159. The average molecular weight is 241 g/mol. The standard InChI is InChI=1S/C13H23NO3/c1-8-4-10-5-9(2)13(16)12(8)14(6-10)11(15)7-17-3/h8-10,12-13,16H,4-7H2,1-3H3/t8-,9+,10-,12?,13+/m1/s1. The van der Waals surface area contributed by atoms with E-state index in [-0.39, 0.29) is 24.5 Å². The zero-order valence-electron chi connectivity index (χ0n) is 10.9. The first-order valence-corrected chi connectivity index (χ1v) is 6.51. The van der Waals surface area contributed by atoms with Crippen LogP contribution in [-0.4, -0.2) is 48.3 Å². The first-order valence-electron chi connectivity index (χ1n) is 6.51. The van der Waals surface area contributed by atoms with E-state index in [4.69, 9.17) is 4.74 Å². The van der Waals surface area contributed by atoms with Crippen molar-refractivity contribution in [3.63, 3.8) is 0 Å². The number of nitrogens with zero attached hydrogens (tertiary/aromatic N) is 1. The fourth-order valence-electron chi connectivity index (χ4n) is 3.61. The first-order chi connectivity index (χ1) is 8.04. The zero-order valence-corrected chi connectivity index (χ0v) is 10.9. The summed E-state index contributed by atoms with van der Waals surface area (Å²) in [5, 5.41) is 10.4. The number of piperidine rings is 1. The molecule has 5 atom stereocenters. The molecule has 2 saturated heterocycles. The third kappa shape index (κ3) is 2.33. The molecule has 0 aromatic rings. The number of rotatable bonds is 2. The quantitative estimate of drug-likeness (QED) is 0.781. The predicted octanol–water partition coefficient (Wildman–Crippen LogP) is 0.887. The first kappa shape index (κ1) is 12.8. The summed E-state index contributed by atoms with van der Waals surface area (Å²) in [4.78, 5) is 13.9. The lowest BCUT2D eigenvalue weighted by Gasteiger charge is -2.42. The largest absolute Gasteiger partial charge is 0.391 e. The van der Waals surface area contributed by atoms with Gasteiger partial charge in [0.15, 0.2) is 0 Å². The van der Waals surface area contributed by atoms with Crippen molar-refractivity contribution in [1.82, 2.24) is 4.90 Å². The van der Waals surface area contributed by atoms with Crippen molar-refractivity contribution in [2.75, 3.05) is 20.3 Å². The van der Waals surface area contributed by atoms with Gasteiger partial charge >= 0.3 is 0 Å². The van der Waals surface area contributed by atoms with Crippen LogP contribution in [0.4, 0.5) is 0 Å². The second-order valence-electron chi connectivity index (χ2n) is 5.75. The molecule has 1 unspecified atom stereocenters. The van der Waals surface area contributed by atoms with E-state index >= 15 is 0 Å². The van der Waals surface area contributed by atoms with Crippen LogP contribution in [0.2, 0.25) is 0 Å². The van der Waals surface area contributed by atoms with Crippen LogP contribution in [0.3, 0.4) is 0 Å². The van der Waals surface area contributed by atoms with Crippen LogP contribution in [0.1, 0.15) is 26.7 Å². The van der Waals surface area contributed by atoms with Crippen LogP contribution in [0, 0.1) is 17.8 Å². The second kappa shape index (κ2) is 4.94. The molecule has 4 nitrogen and oxygen atoms in total. The maximum atomic E-state index is 12.0. The summed E-state index contributed by atoms with van der Waals surface area (Å²) < 4.78 is 4.93.